The second kappa shape index (κ2) is 12.2. The third-order valence-corrected chi connectivity index (χ3v) is 8.29. The monoisotopic (exact) mass is 585 g/mol. The summed E-state index contributed by atoms with van der Waals surface area (Å²) in [5.41, 5.74) is 6.84. The SMILES string of the molecule is CCOC(=O)c1c(CCCOc2cccc3cc(Cl)ccc23)c2cccc3c2n1CCCCOCc1c-3c(C)nn1C. The fourth-order valence-corrected chi connectivity index (χ4v) is 6.42. The standard InChI is InChI=1S/C34H36ClN3O4/c1-4-41-34(39)33-27(13-9-19-42-30-14-7-10-23-20-24(35)15-16-25(23)30)26-11-8-12-28-31-22(2)36-37(3)29(31)21-40-18-6-5-17-38(33)32(26)28/h7-8,10-12,14-16,20H,4-6,9,13,17-19,21H2,1-3H3. The fraction of sp³-hybridized carbons (Fsp3) is 0.353. The van der Waals surface area contributed by atoms with E-state index >= 15 is 0 Å². The number of benzene rings is 3. The molecule has 6 rings (SSSR count). The van der Waals surface area contributed by atoms with Crippen LogP contribution in [0.3, 0.4) is 0 Å². The van der Waals surface area contributed by atoms with Crippen molar-refractivity contribution >= 4 is 39.2 Å². The van der Waals surface area contributed by atoms with E-state index in [-0.39, 0.29) is 5.97 Å². The average Bonchev–Trinajstić information content (AvgIpc) is 3.43. The van der Waals surface area contributed by atoms with Crippen LogP contribution in [0.2, 0.25) is 5.02 Å². The van der Waals surface area contributed by atoms with Crippen LogP contribution in [0.25, 0.3) is 32.8 Å². The number of rotatable bonds is 7. The lowest BCUT2D eigenvalue weighted by molar-refractivity contribution is 0.0512. The second-order valence-electron chi connectivity index (χ2n) is 10.8. The Hall–Kier alpha value is -3.81. The molecule has 0 radical (unpaired) electrons. The van der Waals surface area contributed by atoms with Crippen molar-refractivity contribution in [3.63, 3.8) is 0 Å². The summed E-state index contributed by atoms with van der Waals surface area (Å²) in [5.74, 6) is 0.548. The fourth-order valence-electron chi connectivity index (χ4n) is 6.24. The number of fused-ring (bicyclic) bond motifs is 3. The first-order valence-electron chi connectivity index (χ1n) is 14.7. The van der Waals surface area contributed by atoms with Crippen LogP contribution in [-0.4, -0.2) is 40.1 Å². The van der Waals surface area contributed by atoms with Crippen LogP contribution in [0, 0.1) is 6.92 Å². The lowest BCUT2D eigenvalue weighted by Gasteiger charge is -2.13. The van der Waals surface area contributed by atoms with Gasteiger partial charge in [-0.1, -0.05) is 41.9 Å². The molecule has 218 valence electrons. The topological polar surface area (TPSA) is 67.5 Å². The van der Waals surface area contributed by atoms with E-state index in [9.17, 15) is 4.79 Å². The summed E-state index contributed by atoms with van der Waals surface area (Å²) < 4.78 is 22.1. The highest BCUT2D eigenvalue weighted by Crippen LogP contribution is 2.39. The average molecular weight is 586 g/mol. The van der Waals surface area contributed by atoms with Crippen molar-refractivity contribution in [2.45, 2.75) is 52.7 Å². The van der Waals surface area contributed by atoms with Crippen molar-refractivity contribution in [1.82, 2.24) is 14.3 Å². The zero-order valence-corrected chi connectivity index (χ0v) is 25.2. The molecule has 1 aliphatic heterocycles. The lowest BCUT2D eigenvalue weighted by Crippen LogP contribution is -2.15. The molecule has 42 heavy (non-hydrogen) atoms. The van der Waals surface area contributed by atoms with Crippen molar-refractivity contribution in [3.05, 3.63) is 82.3 Å². The molecule has 7 nitrogen and oxygen atoms in total. The molecule has 3 heterocycles. The summed E-state index contributed by atoms with van der Waals surface area (Å²) in [6, 6.07) is 18.2. The Morgan fingerprint density at radius 2 is 1.95 bits per heavy atom. The number of hydrogen-bond donors (Lipinski definition) is 0. The summed E-state index contributed by atoms with van der Waals surface area (Å²) in [6.45, 7) is 6.58. The molecule has 0 unspecified atom stereocenters. The minimum absolute atomic E-state index is 0.282. The molecule has 0 fully saturated rings. The molecule has 3 aromatic carbocycles. The molecule has 0 N–H and O–H groups in total. The van der Waals surface area contributed by atoms with Gasteiger partial charge in [-0.2, -0.15) is 5.10 Å². The number of halogens is 1. The van der Waals surface area contributed by atoms with E-state index in [0.29, 0.717) is 50.1 Å². The Bertz CT molecular complexity index is 1770. The molecule has 8 heteroatoms. The zero-order chi connectivity index (χ0) is 29.2. The first kappa shape index (κ1) is 28.3. The maximum Gasteiger partial charge on any atom is 0.355 e. The molecule has 5 aromatic rings. The smallest absolute Gasteiger partial charge is 0.355 e. The quantitative estimate of drug-likeness (QED) is 0.145. The normalized spacial score (nSPS) is 13.6. The minimum atomic E-state index is -0.282. The minimum Gasteiger partial charge on any atom is -0.493 e. The number of esters is 1. The summed E-state index contributed by atoms with van der Waals surface area (Å²) in [5, 5.41) is 8.59. The Morgan fingerprint density at radius 3 is 2.81 bits per heavy atom. The van der Waals surface area contributed by atoms with Crippen molar-refractivity contribution < 1.29 is 19.0 Å². The second-order valence-corrected chi connectivity index (χ2v) is 11.2. The molecule has 0 amide bonds. The third kappa shape index (κ3) is 5.27. The number of carbonyl (C=O) groups excluding carboxylic acids is 1. The van der Waals surface area contributed by atoms with Crippen LogP contribution in [0.4, 0.5) is 0 Å². The largest absolute Gasteiger partial charge is 0.493 e. The van der Waals surface area contributed by atoms with Crippen LogP contribution in [0.1, 0.15) is 53.6 Å². The van der Waals surface area contributed by atoms with E-state index in [0.717, 1.165) is 74.8 Å². The van der Waals surface area contributed by atoms with Crippen molar-refractivity contribution in [3.8, 4) is 16.9 Å². The van der Waals surface area contributed by atoms with E-state index < -0.39 is 0 Å². The summed E-state index contributed by atoms with van der Waals surface area (Å²) in [7, 11) is 1.97. The lowest BCUT2D eigenvalue weighted by atomic mass is 9.98. The maximum absolute atomic E-state index is 13.6. The van der Waals surface area contributed by atoms with Gasteiger partial charge in [-0.05, 0) is 74.7 Å². The van der Waals surface area contributed by atoms with Gasteiger partial charge in [0, 0.05) is 47.1 Å². The molecule has 0 atom stereocenters. The van der Waals surface area contributed by atoms with Crippen LogP contribution in [-0.2, 0) is 36.1 Å². The number of nitrogens with zero attached hydrogens (tertiary/aromatic N) is 3. The van der Waals surface area contributed by atoms with Crippen LogP contribution in [0.15, 0.2) is 54.6 Å². The predicted octanol–water partition coefficient (Wildman–Crippen LogP) is 7.66. The maximum atomic E-state index is 13.6. The van der Waals surface area contributed by atoms with Crippen LogP contribution < -0.4 is 4.74 Å². The number of aryl methyl sites for hydroxylation is 4. The van der Waals surface area contributed by atoms with Gasteiger partial charge in [0.25, 0.3) is 0 Å². The Labute approximate surface area is 250 Å². The summed E-state index contributed by atoms with van der Waals surface area (Å²) in [4.78, 5) is 13.6. The van der Waals surface area contributed by atoms with Crippen molar-refractivity contribution in [2.24, 2.45) is 7.05 Å². The van der Waals surface area contributed by atoms with Gasteiger partial charge in [-0.25, -0.2) is 4.79 Å². The van der Waals surface area contributed by atoms with Crippen LogP contribution in [0.5, 0.6) is 5.75 Å². The van der Waals surface area contributed by atoms with E-state index in [1.54, 1.807) is 0 Å². The highest BCUT2D eigenvalue weighted by molar-refractivity contribution is 6.31. The van der Waals surface area contributed by atoms with E-state index in [2.05, 4.69) is 22.8 Å². The molecule has 0 spiro atoms. The number of carbonyl (C=O) groups is 1. The number of para-hydroxylation sites is 1. The van der Waals surface area contributed by atoms with E-state index in [4.69, 9.17) is 30.9 Å². The molecular formula is C34H36ClN3O4. The zero-order valence-electron chi connectivity index (χ0n) is 24.4. The Kier molecular flexibility index (Phi) is 8.22. The van der Waals surface area contributed by atoms with Gasteiger partial charge in [0.15, 0.2) is 0 Å². The molecule has 0 saturated carbocycles. The van der Waals surface area contributed by atoms with Gasteiger partial charge in [-0.3, -0.25) is 4.68 Å². The Balaban J connectivity index is 1.40. The number of aromatic nitrogens is 3. The highest BCUT2D eigenvalue weighted by atomic mass is 35.5. The first-order chi connectivity index (χ1) is 20.5. The van der Waals surface area contributed by atoms with E-state index in [1.165, 1.54) is 0 Å². The molecule has 0 saturated heterocycles. The summed E-state index contributed by atoms with van der Waals surface area (Å²) in [6.07, 6.45) is 3.21. The molecular weight excluding hydrogens is 550 g/mol. The third-order valence-electron chi connectivity index (χ3n) is 8.06. The van der Waals surface area contributed by atoms with Crippen LogP contribution >= 0.6 is 11.6 Å². The number of hydrogen-bond acceptors (Lipinski definition) is 5. The first-order valence-corrected chi connectivity index (χ1v) is 15.1. The Morgan fingerprint density at radius 1 is 1.10 bits per heavy atom. The highest BCUT2D eigenvalue weighted by Gasteiger charge is 2.28. The van der Waals surface area contributed by atoms with Gasteiger partial charge in [0.2, 0.25) is 0 Å². The molecule has 2 aromatic heterocycles. The predicted molar refractivity (Wildman–Crippen MR) is 166 cm³/mol. The van der Waals surface area contributed by atoms with Gasteiger partial charge < -0.3 is 18.8 Å². The molecule has 1 aliphatic rings. The van der Waals surface area contributed by atoms with Crippen molar-refractivity contribution in [1.29, 1.82) is 0 Å². The number of ether oxygens (including phenoxy) is 3. The molecule has 0 bridgehead atoms. The van der Waals surface area contributed by atoms with Gasteiger partial charge in [0.05, 0.1) is 36.7 Å². The summed E-state index contributed by atoms with van der Waals surface area (Å²) >= 11 is 6.20. The van der Waals surface area contributed by atoms with E-state index in [1.807, 2.05) is 62.0 Å². The van der Waals surface area contributed by atoms with Gasteiger partial charge >= 0.3 is 5.97 Å². The van der Waals surface area contributed by atoms with Gasteiger partial charge in [-0.15, -0.1) is 0 Å². The molecule has 0 aliphatic carbocycles. The van der Waals surface area contributed by atoms with Crippen molar-refractivity contribution in [2.75, 3.05) is 19.8 Å². The van der Waals surface area contributed by atoms with Gasteiger partial charge in [0.1, 0.15) is 11.4 Å².